The van der Waals surface area contributed by atoms with E-state index in [-0.39, 0.29) is 18.3 Å². The number of benzene rings is 2. The van der Waals surface area contributed by atoms with Crippen LogP contribution in [-0.4, -0.2) is 10.5 Å². The molecule has 4 rings (SSSR count). The Balaban J connectivity index is 1.70. The first-order valence-corrected chi connectivity index (χ1v) is 8.71. The Labute approximate surface area is 156 Å². The van der Waals surface area contributed by atoms with E-state index in [2.05, 4.69) is 5.32 Å². The Morgan fingerprint density at radius 3 is 2.67 bits per heavy atom. The summed E-state index contributed by atoms with van der Waals surface area (Å²) in [6.07, 6.45) is 1.56. The van der Waals surface area contributed by atoms with E-state index in [1.807, 2.05) is 32.0 Å². The van der Waals surface area contributed by atoms with Crippen LogP contribution in [0.1, 0.15) is 27.2 Å². The Hall–Kier alpha value is -3.34. The Morgan fingerprint density at radius 1 is 1.07 bits per heavy atom. The zero-order valence-electron chi connectivity index (χ0n) is 15.1. The average Bonchev–Trinajstić information content (AvgIpc) is 3.22. The lowest BCUT2D eigenvalue weighted by atomic mass is 10.1. The molecule has 2 heterocycles. The van der Waals surface area contributed by atoms with E-state index in [0.717, 1.165) is 22.3 Å². The van der Waals surface area contributed by atoms with Crippen LogP contribution in [0.4, 0.5) is 10.1 Å². The number of furan rings is 1. The second-order valence-corrected chi connectivity index (χ2v) is 6.63. The van der Waals surface area contributed by atoms with Crippen LogP contribution >= 0.6 is 0 Å². The standard InChI is InChI=1S/C22H19FN2O2/c1-14-7-8-17(11-15(14)2)24-22(26)20-12-21-19(9-10-27-21)25(20)13-16-5-3-4-6-18(16)23/h3-12H,13H2,1-2H3,(H,24,26). The molecule has 0 aliphatic rings. The van der Waals surface area contributed by atoms with Gasteiger partial charge >= 0.3 is 0 Å². The van der Waals surface area contributed by atoms with Crippen molar-refractivity contribution in [2.45, 2.75) is 20.4 Å². The number of hydrogen-bond acceptors (Lipinski definition) is 2. The minimum absolute atomic E-state index is 0.241. The normalized spacial score (nSPS) is 11.1. The van der Waals surface area contributed by atoms with Crippen molar-refractivity contribution in [3.8, 4) is 0 Å². The van der Waals surface area contributed by atoms with Gasteiger partial charge in [0, 0.05) is 23.4 Å². The van der Waals surface area contributed by atoms with Crippen LogP contribution in [0, 0.1) is 19.7 Å². The molecule has 136 valence electrons. The van der Waals surface area contributed by atoms with Crippen LogP contribution in [-0.2, 0) is 6.54 Å². The molecule has 4 nitrogen and oxygen atoms in total. The number of amides is 1. The first kappa shape index (κ1) is 17.1. The fraction of sp³-hybridized carbons (Fsp3) is 0.136. The highest BCUT2D eigenvalue weighted by Gasteiger charge is 2.19. The lowest BCUT2D eigenvalue weighted by molar-refractivity contribution is 0.101. The fourth-order valence-electron chi connectivity index (χ4n) is 3.15. The molecule has 1 N–H and O–H groups in total. The number of nitrogens with zero attached hydrogens (tertiary/aromatic N) is 1. The van der Waals surface area contributed by atoms with E-state index in [4.69, 9.17) is 4.42 Å². The van der Waals surface area contributed by atoms with Crippen LogP contribution in [0.2, 0.25) is 0 Å². The van der Waals surface area contributed by atoms with Crippen molar-refractivity contribution >= 4 is 22.7 Å². The molecule has 0 aliphatic carbocycles. The van der Waals surface area contributed by atoms with Gasteiger partial charge in [-0.15, -0.1) is 0 Å². The highest BCUT2D eigenvalue weighted by atomic mass is 19.1. The molecule has 0 aliphatic heterocycles. The number of aromatic nitrogens is 1. The van der Waals surface area contributed by atoms with E-state index in [1.165, 1.54) is 6.07 Å². The van der Waals surface area contributed by atoms with Gasteiger partial charge in [0.15, 0.2) is 5.58 Å². The Morgan fingerprint density at radius 2 is 1.89 bits per heavy atom. The maximum Gasteiger partial charge on any atom is 0.272 e. The number of halogens is 1. The van der Waals surface area contributed by atoms with Crippen LogP contribution in [0.25, 0.3) is 11.1 Å². The minimum atomic E-state index is -0.302. The SMILES string of the molecule is Cc1ccc(NC(=O)c2cc3occc3n2Cc2ccccc2F)cc1C. The van der Waals surface area contributed by atoms with Crippen LogP contribution in [0.15, 0.2) is 65.3 Å². The van der Waals surface area contributed by atoms with Gasteiger partial charge in [-0.3, -0.25) is 4.79 Å². The molecule has 0 spiro atoms. The van der Waals surface area contributed by atoms with Crippen molar-refractivity contribution in [2.75, 3.05) is 5.32 Å². The molecule has 0 saturated carbocycles. The van der Waals surface area contributed by atoms with E-state index < -0.39 is 0 Å². The molecular weight excluding hydrogens is 343 g/mol. The third-order valence-electron chi connectivity index (χ3n) is 4.81. The van der Waals surface area contributed by atoms with Crippen molar-refractivity contribution in [3.05, 3.63) is 89.1 Å². The minimum Gasteiger partial charge on any atom is -0.463 e. The van der Waals surface area contributed by atoms with Crippen LogP contribution < -0.4 is 5.32 Å². The maximum absolute atomic E-state index is 14.1. The van der Waals surface area contributed by atoms with Gasteiger partial charge in [-0.05, 0) is 43.2 Å². The van der Waals surface area contributed by atoms with Crippen LogP contribution in [0.5, 0.6) is 0 Å². The highest BCUT2D eigenvalue weighted by molar-refractivity contribution is 6.05. The molecule has 0 atom stereocenters. The van der Waals surface area contributed by atoms with Gasteiger partial charge in [0.25, 0.3) is 5.91 Å². The van der Waals surface area contributed by atoms with Gasteiger partial charge in [0.2, 0.25) is 0 Å². The van der Waals surface area contributed by atoms with E-state index in [1.54, 1.807) is 41.2 Å². The summed E-state index contributed by atoms with van der Waals surface area (Å²) >= 11 is 0. The van der Waals surface area contributed by atoms with Crippen LogP contribution in [0.3, 0.4) is 0 Å². The lowest BCUT2D eigenvalue weighted by Gasteiger charge is -2.12. The molecule has 1 amide bonds. The number of rotatable bonds is 4. The molecule has 0 unspecified atom stereocenters. The molecular formula is C22H19FN2O2. The first-order chi connectivity index (χ1) is 13.0. The second kappa shape index (κ2) is 6.76. The molecule has 2 aromatic carbocycles. The summed E-state index contributed by atoms with van der Waals surface area (Å²) in [4.78, 5) is 12.9. The predicted octanol–water partition coefficient (Wildman–Crippen LogP) is 5.29. The summed E-state index contributed by atoms with van der Waals surface area (Å²) in [5.74, 6) is -0.565. The van der Waals surface area contributed by atoms with Crippen molar-refractivity contribution in [2.24, 2.45) is 0 Å². The quantitative estimate of drug-likeness (QED) is 0.536. The number of hydrogen-bond donors (Lipinski definition) is 1. The van der Waals surface area contributed by atoms with Gasteiger partial charge in [-0.1, -0.05) is 24.3 Å². The Kier molecular flexibility index (Phi) is 4.28. The van der Waals surface area contributed by atoms with Gasteiger partial charge in [-0.25, -0.2) is 4.39 Å². The third kappa shape index (κ3) is 3.24. The van der Waals surface area contributed by atoms with Crippen molar-refractivity contribution in [1.82, 2.24) is 4.57 Å². The van der Waals surface area contributed by atoms with Crippen molar-refractivity contribution < 1.29 is 13.6 Å². The molecule has 0 saturated heterocycles. The number of carbonyl (C=O) groups is 1. The third-order valence-corrected chi connectivity index (χ3v) is 4.81. The number of carbonyl (C=O) groups excluding carboxylic acids is 1. The molecule has 5 heteroatoms. The maximum atomic E-state index is 14.1. The summed E-state index contributed by atoms with van der Waals surface area (Å²) in [7, 11) is 0. The van der Waals surface area contributed by atoms with Gasteiger partial charge in [0.05, 0.1) is 18.3 Å². The smallest absolute Gasteiger partial charge is 0.272 e. The Bertz CT molecular complexity index is 1140. The van der Waals surface area contributed by atoms with Gasteiger partial charge in [0.1, 0.15) is 11.5 Å². The predicted molar refractivity (Wildman–Crippen MR) is 104 cm³/mol. The monoisotopic (exact) mass is 362 g/mol. The zero-order valence-corrected chi connectivity index (χ0v) is 15.1. The van der Waals surface area contributed by atoms with E-state index >= 15 is 0 Å². The summed E-state index contributed by atoms with van der Waals surface area (Å²) in [6, 6.07) is 15.8. The molecule has 0 bridgehead atoms. The van der Waals surface area contributed by atoms with E-state index in [9.17, 15) is 9.18 Å². The first-order valence-electron chi connectivity index (χ1n) is 8.71. The second-order valence-electron chi connectivity index (χ2n) is 6.63. The topological polar surface area (TPSA) is 47.2 Å². The number of anilines is 1. The van der Waals surface area contributed by atoms with Crippen molar-refractivity contribution in [3.63, 3.8) is 0 Å². The molecule has 2 aromatic heterocycles. The molecule has 27 heavy (non-hydrogen) atoms. The number of aryl methyl sites for hydroxylation is 2. The summed E-state index contributed by atoms with van der Waals surface area (Å²) in [5, 5.41) is 2.92. The summed E-state index contributed by atoms with van der Waals surface area (Å²) in [5.41, 5.74) is 5.26. The van der Waals surface area contributed by atoms with Crippen molar-refractivity contribution in [1.29, 1.82) is 0 Å². The lowest BCUT2D eigenvalue weighted by Crippen LogP contribution is -2.18. The molecule has 0 fully saturated rings. The molecule has 4 aromatic rings. The van der Waals surface area contributed by atoms with E-state index in [0.29, 0.717) is 16.8 Å². The summed E-state index contributed by atoms with van der Waals surface area (Å²) in [6.45, 7) is 4.26. The number of nitrogens with one attached hydrogen (secondary N) is 1. The summed E-state index contributed by atoms with van der Waals surface area (Å²) < 4.78 is 21.4. The highest BCUT2D eigenvalue weighted by Crippen LogP contribution is 2.24. The van der Waals surface area contributed by atoms with Gasteiger partial charge in [-0.2, -0.15) is 0 Å². The zero-order chi connectivity index (χ0) is 19.0. The number of fused-ring (bicyclic) bond motifs is 1. The largest absolute Gasteiger partial charge is 0.463 e. The fourth-order valence-corrected chi connectivity index (χ4v) is 3.15. The van der Waals surface area contributed by atoms with Gasteiger partial charge < -0.3 is 14.3 Å². The average molecular weight is 362 g/mol. The molecule has 0 radical (unpaired) electrons.